The van der Waals surface area contributed by atoms with E-state index in [0.717, 1.165) is 0 Å². The Labute approximate surface area is 63.7 Å². The smallest absolute Gasteiger partial charge is 0.296 e. The van der Waals surface area contributed by atoms with Crippen molar-refractivity contribution in [1.82, 2.24) is 0 Å². The van der Waals surface area contributed by atoms with Crippen LogP contribution in [0.25, 0.3) is 0 Å². The molecular formula is C2H7NO6S2. The minimum Gasteiger partial charge on any atom is -0.296 e. The summed E-state index contributed by atoms with van der Waals surface area (Å²) >= 11 is 0. The molecule has 0 aromatic rings. The van der Waals surface area contributed by atoms with E-state index in [1.54, 1.807) is 0 Å². The Kier molecular flexibility index (Phi) is 2.34. The quantitative estimate of drug-likeness (QED) is 0.461. The molecule has 68 valence electrons. The van der Waals surface area contributed by atoms with Crippen LogP contribution in [0.1, 0.15) is 6.92 Å². The average Bonchev–Trinajstić information content (AvgIpc) is 1.58. The Balaban J connectivity index is 5.45. The van der Waals surface area contributed by atoms with Crippen LogP contribution in [0.5, 0.6) is 0 Å². The fraction of sp³-hybridized carbons (Fsp3) is 1.00. The molecule has 0 radical (unpaired) electrons. The Morgan fingerprint density at radius 1 is 1.09 bits per heavy atom. The molecule has 0 spiro atoms. The van der Waals surface area contributed by atoms with Crippen molar-refractivity contribution in [3.05, 3.63) is 0 Å². The standard InChI is InChI=1S/C2H7NO6S2/c1-2(3,10(4,5)6)11(7,8)9/h3H2,1H3,(H,4,5,6)(H,7,8,9). The van der Waals surface area contributed by atoms with Crippen LogP contribution in [0.3, 0.4) is 0 Å². The van der Waals surface area contributed by atoms with E-state index in [2.05, 4.69) is 5.73 Å². The third-order valence-electron chi connectivity index (χ3n) is 1.02. The lowest BCUT2D eigenvalue weighted by atomic mass is 10.8. The van der Waals surface area contributed by atoms with Gasteiger partial charge in [-0.3, -0.25) is 14.8 Å². The van der Waals surface area contributed by atoms with E-state index in [9.17, 15) is 16.8 Å². The van der Waals surface area contributed by atoms with Gasteiger partial charge >= 0.3 is 20.2 Å². The monoisotopic (exact) mass is 205 g/mol. The van der Waals surface area contributed by atoms with Crippen LogP contribution in [0.4, 0.5) is 0 Å². The van der Waals surface area contributed by atoms with Gasteiger partial charge in [-0.15, -0.1) is 0 Å². The van der Waals surface area contributed by atoms with Crippen LogP contribution in [0.2, 0.25) is 0 Å². The van der Waals surface area contributed by atoms with E-state index in [0.29, 0.717) is 6.92 Å². The summed E-state index contributed by atoms with van der Waals surface area (Å²) in [5.41, 5.74) is 4.59. The molecule has 0 unspecified atom stereocenters. The zero-order chi connectivity index (χ0) is 9.50. The number of hydrogen-bond donors (Lipinski definition) is 3. The second-order valence-corrected chi connectivity index (χ2v) is 5.82. The van der Waals surface area contributed by atoms with Gasteiger partial charge in [-0.25, -0.2) is 0 Å². The molecule has 0 fully saturated rings. The van der Waals surface area contributed by atoms with Gasteiger partial charge in [-0.1, -0.05) is 0 Å². The summed E-state index contributed by atoms with van der Waals surface area (Å²) in [6, 6.07) is 0. The molecule has 0 aliphatic carbocycles. The van der Waals surface area contributed by atoms with Gasteiger partial charge in [0.15, 0.2) is 0 Å². The van der Waals surface area contributed by atoms with Crippen molar-refractivity contribution in [2.24, 2.45) is 5.73 Å². The zero-order valence-corrected chi connectivity index (χ0v) is 7.05. The minimum absolute atomic E-state index is 0.456. The van der Waals surface area contributed by atoms with Gasteiger partial charge in [0.2, 0.25) is 0 Å². The van der Waals surface area contributed by atoms with Gasteiger partial charge < -0.3 is 0 Å². The maximum absolute atomic E-state index is 10.2. The first-order chi connectivity index (χ1) is 4.50. The maximum Gasteiger partial charge on any atom is 0.301 e. The third kappa shape index (κ3) is 1.87. The zero-order valence-electron chi connectivity index (χ0n) is 5.42. The van der Waals surface area contributed by atoms with E-state index in [-0.39, 0.29) is 0 Å². The second-order valence-electron chi connectivity index (χ2n) is 1.97. The highest BCUT2D eigenvalue weighted by Crippen LogP contribution is 2.14. The molecule has 11 heavy (non-hydrogen) atoms. The normalized spacial score (nSPS) is 14.9. The van der Waals surface area contributed by atoms with Crippen LogP contribution in [0.15, 0.2) is 0 Å². The summed E-state index contributed by atoms with van der Waals surface area (Å²) < 4.78 is 54.1. The number of rotatable bonds is 2. The second kappa shape index (κ2) is 2.38. The molecule has 0 amide bonds. The molecule has 0 saturated carbocycles. The van der Waals surface area contributed by atoms with Crippen molar-refractivity contribution < 1.29 is 25.9 Å². The van der Waals surface area contributed by atoms with Crippen molar-refractivity contribution in [2.45, 2.75) is 11.1 Å². The molecule has 0 aromatic heterocycles. The molecule has 0 aliphatic rings. The van der Waals surface area contributed by atoms with Gasteiger partial charge in [0.25, 0.3) is 4.20 Å². The van der Waals surface area contributed by atoms with E-state index in [1.807, 2.05) is 0 Å². The van der Waals surface area contributed by atoms with Crippen molar-refractivity contribution in [1.29, 1.82) is 0 Å². The predicted molar refractivity (Wildman–Crippen MR) is 35.7 cm³/mol. The van der Waals surface area contributed by atoms with Crippen LogP contribution >= 0.6 is 0 Å². The summed E-state index contributed by atoms with van der Waals surface area (Å²) in [4.78, 5) is 0. The fourth-order valence-electron chi connectivity index (χ4n) is 0.133. The van der Waals surface area contributed by atoms with Gasteiger partial charge in [-0.2, -0.15) is 16.8 Å². The molecule has 9 heteroatoms. The van der Waals surface area contributed by atoms with Gasteiger partial charge in [0, 0.05) is 0 Å². The first-order valence-electron chi connectivity index (χ1n) is 2.23. The summed E-state index contributed by atoms with van der Waals surface area (Å²) in [6.45, 7) is 0.456. The molecule has 0 atom stereocenters. The fourth-order valence-corrected chi connectivity index (χ4v) is 1.20. The van der Waals surface area contributed by atoms with Crippen molar-refractivity contribution in [3.63, 3.8) is 0 Å². The molecule has 0 aliphatic heterocycles. The maximum atomic E-state index is 10.2. The lowest BCUT2D eigenvalue weighted by molar-refractivity contribution is 0.430. The van der Waals surface area contributed by atoms with Crippen LogP contribution in [-0.2, 0) is 20.2 Å². The van der Waals surface area contributed by atoms with Crippen molar-refractivity contribution in [3.8, 4) is 0 Å². The number of nitrogens with two attached hydrogens (primary N) is 1. The molecule has 0 rings (SSSR count). The first kappa shape index (κ1) is 10.8. The third-order valence-corrected chi connectivity index (χ3v) is 4.34. The Morgan fingerprint density at radius 2 is 1.27 bits per heavy atom. The first-order valence-corrected chi connectivity index (χ1v) is 5.11. The van der Waals surface area contributed by atoms with E-state index in [4.69, 9.17) is 9.11 Å². The van der Waals surface area contributed by atoms with E-state index >= 15 is 0 Å². The summed E-state index contributed by atoms with van der Waals surface area (Å²) in [6.07, 6.45) is 0. The topological polar surface area (TPSA) is 135 Å². The predicted octanol–water partition coefficient (Wildman–Crippen LogP) is -1.61. The molecule has 4 N–H and O–H groups in total. The molecule has 0 aromatic carbocycles. The molecule has 0 heterocycles. The largest absolute Gasteiger partial charge is 0.301 e. The lowest BCUT2D eigenvalue weighted by Crippen LogP contribution is -2.51. The Hall–Kier alpha value is -0.220. The van der Waals surface area contributed by atoms with E-state index < -0.39 is 24.4 Å². The highest BCUT2D eigenvalue weighted by Gasteiger charge is 2.46. The molecule has 0 saturated heterocycles. The minimum atomic E-state index is -5.02. The lowest BCUT2D eigenvalue weighted by Gasteiger charge is -2.15. The summed E-state index contributed by atoms with van der Waals surface area (Å²) in [7, 11) is -10.0. The highest BCUT2D eigenvalue weighted by atomic mass is 32.3. The van der Waals surface area contributed by atoms with Crippen LogP contribution in [0, 0.1) is 0 Å². The SMILES string of the molecule is CC(N)(S(=O)(=O)O)S(=O)(=O)O. The van der Waals surface area contributed by atoms with E-state index in [1.165, 1.54) is 0 Å². The van der Waals surface area contributed by atoms with Gasteiger partial charge in [0.05, 0.1) is 0 Å². The highest BCUT2D eigenvalue weighted by molar-refractivity contribution is 8.05. The molecule has 0 bridgehead atoms. The molecular weight excluding hydrogens is 198 g/mol. The number of hydrogen-bond acceptors (Lipinski definition) is 5. The summed E-state index contributed by atoms with van der Waals surface area (Å²) in [5.74, 6) is 0. The van der Waals surface area contributed by atoms with Crippen LogP contribution < -0.4 is 5.73 Å². The summed E-state index contributed by atoms with van der Waals surface area (Å²) in [5, 5.41) is 0. The van der Waals surface area contributed by atoms with Crippen molar-refractivity contribution >= 4 is 20.2 Å². The Morgan fingerprint density at radius 3 is 1.27 bits per heavy atom. The average molecular weight is 205 g/mol. The van der Waals surface area contributed by atoms with Crippen LogP contribution in [-0.4, -0.2) is 30.1 Å². The van der Waals surface area contributed by atoms with Gasteiger partial charge in [-0.05, 0) is 6.92 Å². The molecule has 7 nitrogen and oxygen atoms in total. The van der Waals surface area contributed by atoms with Crippen molar-refractivity contribution in [2.75, 3.05) is 0 Å². The Bertz CT molecular complexity index is 301. The van der Waals surface area contributed by atoms with Gasteiger partial charge in [0.1, 0.15) is 0 Å².